The van der Waals surface area contributed by atoms with Gasteiger partial charge in [-0.2, -0.15) is 0 Å². The summed E-state index contributed by atoms with van der Waals surface area (Å²) in [5.41, 5.74) is 0.217. The number of hydrogen-bond donors (Lipinski definition) is 1. The van der Waals surface area contributed by atoms with Crippen LogP contribution in [-0.4, -0.2) is 29.0 Å². The number of phenols is 1. The maximum atomic E-state index is 12.8. The van der Waals surface area contributed by atoms with Crippen molar-refractivity contribution in [2.45, 2.75) is 19.8 Å². The molecule has 2 aromatic carbocycles. The summed E-state index contributed by atoms with van der Waals surface area (Å²) in [7, 11) is 0. The van der Waals surface area contributed by atoms with E-state index in [1.807, 2.05) is 0 Å². The molecule has 1 amide bonds. The molecule has 0 bridgehead atoms. The van der Waals surface area contributed by atoms with Crippen molar-refractivity contribution in [1.29, 1.82) is 0 Å². The number of nitrogens with zero attached hydrogens (tertiary/aromatic N) is 1. The molecule has 1 aliphatic rings. The Labute approximate surface area is 156 Å². The first-order valence-electron chi connectivity index (χ1n) is 8.20. The first-order valence-corrected chi connectivity index (χ1v) is 8.95. The molecular weight excluding hydrogens is 361 g/mol. The maximum Gasteiger partial charge on any atom is 0.257 e. The van der Waals surface area contributed by atoms with Gasteiger partial charge in [0.1, 0.15) is 11.5 Å². The van der Waals surface area contributed by atoms with Crippen LogP contribution in [0, 0.1) is 5.92 Å². The first kappa shape index (κ1) is 17.9. The number of rotatable bonds is 3. The summed E-state index contributed by atoms with van der Waals surface area (Å²) in [5, 5.41) is 10.9. The van der Waals surface area contributed by atoms with Crippen molar-refractivity contribution < 1.29 is 14.6 Å². The predicted molar refractivity (Wildman–Crippen MR) is 98.9 cm³/mol. The van der Waals surface area contributed by atoms with Gasteiger partial charge in [0.15, 0.2) is 5.75 Å². The molecule has 1 aliphatic heterocycles. The number of ether oxygens (including phenoxy) is 1. The van der Waals surface area contributed by atoms with E-state index in [1.165, 1.54) is 12.1 Å². The topological polar surface area (TPSA) is 49.8 Å². The zero-order valence-electron chi connectivity index (χ0n) is 13.8. The molecule has 4 nitrogen and oxygen atoms in total. The molecule has 0 saturated carbocycles. The van der Waals surface area contributed by atoms with Gasteiger partial charge in [-0.05, 0) is 49.1 Å². The summed E-state index contributed by atoms with van der Waals surface area (Å²) >= 11 is 12.2. The number of carbonyl (C=O) groups is 1. The number of amides is 1. The van der Waals surface area contributed by atoms with Gasteiger partial charge < -0.3 is 14.7 Å². The van der Waals surface area contributed by atoms with Crippen molar-refractivity contribution >= 4 is 29.1 Å². The standard InChI is InChI=1S/C19H19Cl2NO3/c1-12-4-3-9-22(11-12)19(24)14-10-13(7-8-17(14)23)25-18-15(20)5-2-6-16(18)21/h2,5-8,10,12,23H,3-4,9,11H2,1H3. The van der Waals surface area contributed by atoms with E-state index in [0.717, 1.165) is 12.8 Å². The SMILES string of the molecule is CC1CCCN(C(=O)c2cc(Oc3c(Cl)cccc3Cl)ccc2O)C1. The van der Waals surface area contributed by atoms with Crippen molar-refractivity contribution in [2.24, 2.45) is 5.92 Å². The third-order valence-electron chi connectivity index (χ3n) is 4.28. The lowest BCUT2D eigenvalue weighted by atomic mass is 9.99. The van der Waals surface area contributed by atoms with Crippen LogP contribution in [0.2, 0.25) is 10.0 Å². The van der Waals surface area contributed by atoms with E-state index in [-0.39, 0.29) is 17.2 Å². The molecule has 1 heterocycles. The van der Waals surface area contributed by atoms with Crippen LogP contribution in [-0.2, 0) is 0 Å². The largest absolute Gasteiger partial charge is 0.507 e. The highest BCUT2D eigenvalue weighted by atomic mass is 35.5. The second-order valence-corrected chi connectivity index (χ2v) is 7.14. The highest BCUT2D eigenvalue weighted by molar-refractivity contribution is 6.37. The van der Waals surface area contributed by atoms with Crippen LogP contribution < -0.4 is 4.74 Å². The lowest BCUT2D eigenvalue weighted by Gasteiger charge is -2.31. The Kier molecular flexibility index (Phi) is 5.40. The van der Waals surface area contributed by atoms with Crippen LogP contribution in [0.3, 0.4) is 0 Å². The highest BCUT2D eigenvalue weighted by Crippen LogP contribution is 2.37. The van der Waals surface area contributed by atoms with Crippen LogP contribution in [0.4, 0.5) is 0 Å². The number of aromatic hydroxyl groups is 1. The molecule has 132 valence electrons. The Morgan fingerprint density at radius 2 is 1.96 bits per heavy atom. The minimum atomic E-state index is -0.195. The minimum Gasteiger partial charge on any atom is -0.507 e. The zero-order chi connectivity index (χ0) is 18.0. The molecule has 1 N–H and O–H groups in total. The number of carbonyl (C=O) groups excluding carboxylic acids is 1. The average molecular weight is 380 g/mol. The van der Waals surface area contributed by atoms with Gasteiger partial charge in [0.2, 0.25) is 0 Å². The lowest BCUT2D eigenvalue weighted by molar-refractivity contribution is 0.0679. The second kappa shape index (κ2) is 7.54. The molecule has 25 heavy (non-hydrogen) atoms. The van der Waals surface area contributed by atoms with Gasteiger partial charge in [0.05, 0.1) is 15.6 Å². The minimum absolute atomic E-state index is 0.0687. The molecule has 2 aromatic rings. The molecule has 1 atom stereocenters. The van der Waals surface area contributed by atoms with Crippen molar-refractivity contribution in [2.75, 3.05) is 13.1 Å². The average Bonchev–Trinajstić information content (AvgIpc) is 2.59. The number of piperidine rings is 1. The van der Waals surface area contributed by atoms with Gasteiger partial charge in [-0.25, -0.2) is 0 Å². The summed E-state index contributed by atoms with van der Waals surface area (Å²) in [6, 6.07) is 9.61. The Bertz CT molecular complexity index is 774. The Morgan fingerprint density at radius 1 is 1.24 bits per heavy atom. The van der Waals surface area contributed by atoms with Gasteiger partial charge in [-0.3, -0.25) is 4.79 Å². The number of likely N-dealkylation sites (tertiary alicyclic amines) is 1. The summed E-state index contributed by atoms with van der Waals surface area (Å²) in [5.74, 6) is 0.907. The van der Waals surface area contributed by atoms with Crippen LogP contribution in [0.1, 0.15) is 30.1 Å². The number of phenolic OH excluding ortho intramolecular Hbond substituents is 1. The molecular formula is C19H19Cl2NO3. The summed E-state index contributed by atoms with van der Waals surface area (Å²) in [6.45, 7) is 3.52. The van der Waals surface area contributed by atoms with Crippen molar-refractivity contribution in [3.63, 3.8) is 0 Å². The van der Waals surface area contributed by atoms with E-state index in [4.69, 9.17) is 27.9 Å². The first-order chi connectivity index (χ1) is 12.0. The molecule has 3 rings (SSSR count). The van der Waals surface area contributed by atoms with Crippen molar-refractivity contribution in [3.05, 3.63) is 52.0 Å². The molecule has 6 heteroatoms. The van der Waals surface area contributed by atoms with Crippen molar-refractivity contribution in [1.82, 2.24) is 4.90 Å². The van der Waals surface area contributed by atoms with E-state index in [2.05, 4.69) is 6.92 Å². The molecule has 0 radical (unpaired) electrons. The summed E-state index contributed by atoms with van der Waals surface area (Å²) in [4.78, 5) is 14.5. The fourth-order valence-electron chi connectivity index (χ4n) is 2.99. The number of halogens is 2. The molecule has 0 aromatic heterocycles. The fraction of sp³-hybridized carbons (Fsp3) is 0.316. The van der Waals surface area contributed by atoms with E-state index in [9.17, 15) is 9.90 Å². The third-order valence-corrected chi connectivity index (χ3v) is 4.88. The van der Waals surface area contributed by atoms with Crippen LogP contribution in [0.25, 0.3) is 0 Å². The zero-order valence-corrected chi connectivity index (χ0v) is 15.3. The van der Waals surface area contributed by atoms with Crippen molar-refractivity contribution in [3.8, 4) is 17.2 Å². The quantitative estimate of drug-likeness (QED) is 0.780. The van der Waals surface area contributed by atoms with Gasteiger partial charge in [-0.15, -0.1) is 0 Å². The smallest absolute Gasteiger partial charge is 0.257 e. The molecule has 0 aliphatic carbocycles. The number of benzene rings is 2. The van der Waals surface area contributed by atoms with E-state index < -0.39 is 0 Å². The Balaban J connectivity index is 1.86. The summed E-state index contributed by atoms with van der Waals surface area (Å²) < 4.78 is 5.75. The van der Waals surface area contributed by atoms with Crippen LogP contribution in [0.15, 0.2) is 36.4 Å². The fourth-order valence-corrected chi connectivity index (χ4v) is 3.47. The molecule has 1 saturated heterocycles. The van der Waals surface area contributed by atoms with E-state index in [0.29, 0.717) is 40.6 Å². The predicted octanol–water partition coefficient (Wildman–Crippen LogP) is 5.36. The molecule has 0 spiro atoms. The Hall–Kier alpha value is -1.91. The Morgan fingerprint density at radius 3 is 2.64 bits per heavy atom. The maximum absolute atomic E-state index is 12.8. The molecule has 1 unspecified atom stereocenters. The van der Waals surface area contributed by atoms with Gasteiger partial charge >= 0.3 is 0 Å². The normalized spacial score (nSPS) is 17.4. The number of para-hydroxylation sites is 1. The van der Waals surface area contributed by atoms with Gasteiger partial charge in [-0.1, -0.05) is 36.2 Å². The van der Waals surface area contributed by atoms with Crippen LogP contribution in [0.5, 0.6) is 17.2 Å². The van der Waals surface area contributed by atoms with Crippen LogP contribution >= 0.6 is 23.2 Å². The van der Waals surface area contributed by atoms with Gasteiger partial charge in [0, 0.05) is 13.1 Å². The highest BCUT2D eigenvalue weighted by Gasteiger charge is 2.24. The summed E-state index contributed by atoms with van der Waals surface area (Å²) in [6.07, 6.45) is 2.09. The second-order valence-electron chi connectivity index (χ2n) is 6.33. The number of hydrogen-bond acceptors (Lipinski definition) is 3. The monoisotopic (exact) mass is 379 g/mol. The van der Waals surface area contributed by atoms with Gasteiger partial charge in [0.25, 0.3) is 5.91 Å². The van der Waals surface area contributed by atoms with E-state index >= 15 is 0 Å². The van der Waals surface area contributed by atoms with E-state index in [1.54, 1.807) is 29.2 Å². The third kappa shape index (κ3) is 4.02. The molecule has 1 fully saturated rings. The lowest BCUT2D eigenvalue weighted by Crippen LogP contribution is -2.39.